The molecule has 2 saturated carbocycles. The second-order valence-corrected chi connectivity index (χ2v) is 7.28. The van der Waals surface area contributed by atoms with Gasteiger partial charge in [0.15, 0.2) is 0 Å². The summed E-state index contributed by atoms with van der Waals surface area (Å²) in [7, 11) is 0. The summed E-state index contributed by atoms with van der Waals surface area (Å²) in [6, 6.07) is 0.617. The van der Waals surface area contributed by atoms with Gasteiger partial charge in [-0.3, -0.25) is 9.59 Å². The van der Waals surface area contributed by atoms with Crippen molar-refractivity contribution in [3.63, 3.8) is 0 Å². The molecule has 3 aliphatic rings. The second kappa shape index (κ2) is 5.98. The highest BCUT2D eigenvalue weighted by molar-refractivity contribution is 5.94. The first-order valence-electron chi connectivity index (χ1n) is 8.74. The summed E-state index contributed by atoms with van der Waals surface area (Å²) >= 11 is 0. The van der Waals surface area contributed by atoms with Crippen LogP contribution in [0, 0.1) is 0 Å². The van der Waals surface area contributed by atoms with Crippen LogP contribution in [0.25, 0.3) is 0 Å². The molecule has 3 fully saturated rings. The molecule has 3 rings (SSSR count). The molecule has 0 radical (unpaired) electrons. The number of carbonyl (C=O) groups is 2. The minimum absolute atomic E-state index is 0.0887. The maximum Gasteiger partial charge on any atom is 0.245 e. The summed E-state index contributed by atoms with van der Waals surface area (Å²) in [6.45, 7) is 1.98. The summed E-state index contributed by atoms with van der Waals surface area (Å²) in [5, 5.41) is 3.22. The van der Waals surface area contributed by atoms with Crippen LogP contribution in [0.4, 0.5) is 0 Å². The SMILES string of the molecule is C[C@]1(C(=O)NC2CCCC2)CCC(=O)N1C1CCCCC1. The van der Waals surface area contributed by atoms with Crippen LogP contribution in [-0.2, 0) is 9.59 Å². The molecule has 0 unspecified atom stereocenters. The zero-order chi connectivity index (χ0) is 14.9. The normalized spacial score (nSPS) is 31.9. The molecule has 0 aromatic heterocycles. The Labute approximate surface area is 127 Å². The van der Waals surface area contributed by atoms with E-state index >= 15 is 0 Å². The molecule has 21 heavy (non-hydrogen) atoms. The molecular weight excluding hydrogens is 264 g/mol. The first kappa shape index (κ1) is 14.9. The van der Waals surface area contributed by atoms with E-state index in [2.05, 4.69) is 5.32 Å². The van der Waals surface area contributed by atoms with Crippen LogP contribution in [0.1, 0.15) is 77.6 Å². The second-order valence-electron chi connectivity index (χ2n) is 7.28. The van der Waals surface area contributed by atoms with E-state index < -0.39 is 5.54 Å². The maximum absolute atomic E-state index is 12.8. The summed E-state index contributed by atoms with van der Waals surface area (Å²) < 4.78 is 0. The van der Waals surface area contributed by atoms with E-state index in [9.17, 15) is 9.59 Å². The van der Waals surface area contributed by atoms with Crippen LogP contribution in [0.15, 0.2) is 0 Å². The van der Waals surface area contributed by atoms with E-state index in [0.29, 0.717) is 18.9 Å². The Bertz CT molecular complexity index is 411. The van der Waals surface area contributed by atoms with Gasteiger partial charge in [0.1, 0.15) is 5.54 Å². The first-order chi connectivity index (χ1) is 10.1. The van der Waals surface area contributed by atoms with Crippen molar-refractivity contribution in [1.82, 2.24) is 10.2 Å². The molecule has 0 aromatic rings. The number of hydrogen-bond acceptors (Lipinski definition) is 2. The fourth-order valence-electron chi connectivity index (χ4n) is 4.45. The van der Waals surface area contributed by atoms with Crippen LogP contribution in [0.3, 0.4) is 0 Å². The van der Waals surface area contributed by atoms with Gasteiger partial charge in [-0.15, -0.1) is 0 Å². The van der Waals surface area contributed by atoms with Crippen LogP contribution < -0.4 is 5.32 Å². The van der Waals surface area contributed by atoms with E-state index in [0.717, 1.165) is 25.7 Å². The lowest BCUT2D eigenvalue weighted by molar-refractivity contribution is -0.144. The third-order valence-electron chi connectivity index (χ3n) is 5.75. The Balaban J connectivity index is 1.73. The van der Waals surface area contributed by atoms with Crippen LogP contribution in [0.5, 0.6) is 0 Å². The monoisotopic (exact) mass is 292 g/mol. The quantitative estimate of drug-likeness (QED) is 0.869. The number of carbonyl (C=O) groups excluding carboxylic acids is 2. The molecule has 1 saturated heterocycles. The number of nitrogens with one attached hydrogen (secondary N) is 1. The number of hydrogen-bond donors (Lipinski definition) is 1. The number of rotatable bonds is 3. The maximum atomic E-state index is 12.8. The lowest BCUT2D eigenvalue weighted by Crippen LogP contribution is -2.59. The van der Waals surface area contributed by atoms with Crippen LogP contribution in [-0.4, -0.2) is 34.3 Å². The molecule has 1 atom stereocenters. The number of amides is 2. The van der Waals surface area contributed by atoms with Gasteiger partial charge in [0, 0.05) is 18.5 Å². The van der Waals surface area contributed by atoms with Gasteiger partial charge in [-0.05, 0) is 39.0 Å². The number of likely N-dealkylation sites (tertiary alicyclic amines) is 1. The molecular formula is C17H28N2O2. The van der Waals surface area contributed by atoms with Gasteiger partial charge >= 0.3 is 0 Å². The zero-order valence-corrected chi connectivity index (χ0v) is 13.2. The summed E-state index contributed by atoms with van der Waals surface area (Å²) in [6.07, 6.45) is 11.6. The standard InChI is InChI=1S/C17H28N2O2/c1-17(16(21)18-13-7-5-6-8-13)12-11-15(20)19(17)14-9-3-2-4-10-14/h13-14H,2-12H2,1H3,(H,18,21)/t17-/m1/s1. The molecule has 0 spiro atoms. The highest BCUT2D eigenvalue weighted by atomic mass is 16.2. The molecule has 1 aliphatic heterocycles. The lowest BCUT2D eigenvalue weighted by Gasteiger charge is -2.41. The van der Waals surface area contributed by atoms with Crippen molar-refractivity contribution in [2.45, 2.75) is 95.2 Å². The van der Waals surface area contributed by atoms with Gasteiger partial charge in [0.25, 0.3) is 0 Å². The Kier molecular flexibility index (Phi) is 4.23. The van der Waals surface area contributed by atoms with Crippen molar-refractivity contribution in [2.24, 2.45) is 0 Å². The van der Waals surface area contributed by atoms with Gasteiger partial charge in [0.05, 0.1) is 0 Å². The third kappa shape index (κ3) is 2.82. The Morgan fingerprint density at radius 2 is 1.71 bits per heavy atom. The van der Waals surface area contributed by atoms with Gasteiger partial charge < -0.3 is 10.2 Å². The molecule has 0 aromatic carbocycles. The molecule has 1 heterocycles. The smallest absolute Gasteiger partial charge is 0.245 e. The largest absolute Gasteiger partial charge is 0.351 e. The van der Waals surface area contributed by atoms with E-state index in [1.165, 1.54) is 32.1 Å². The fourth-order valence-corrected chi connectivity index (χ4v) is 4.45. The minimum atomic E-state index is -0.609. The van der Waals surface area contributed by atoms with Crippen molar-refractivity contribution in [1.29, 1.82) is 0 Å². The minimum Gasteiger partial charge on any atom is -0.351 e. The van der Waals surface area contributed by atoms with E-state index in [4.69, 9.17) is 0 Å². The van der Waals surface area contributed by atoms with Crippen molar-refractivity contribution in [3.8, 4) is 0 Å². The predicted molar refractivity (Wildman–Crippen MR) is 81.8 cm³/mol. The van der Waals surface area contributed by atoms with Gasteiger partial charge in [-0.1, -0.05) is 32.1 Å². The van der Waals surface area contributed by atoms with Crippen molar-refractivity contribution >= 4 is 11.8 Å². The van der Waals surface area contributed by atoms with E-state index in [1.807, 2.05) is 11.8 Å². The molecule has 2 aliphatic carbocycles. The molecule has 0 bridgehead atoms. The Hall–Kier alpha value is -1.06. The van der Waals surface area contributed by atoms with Crippen LogP contribution >= 0.6 is 0 Å². The molecule has 118 valence electrons. The van der Waals surface area contributed by atoms with E-state index in [-0.39, 0.29) is 17.9 Å². The Morgan fingerprint density at radius 1 is 1.10 bits per heavy atom. The number of nitrogens with zero attached hydrogens (tertiary/aromatic N) is 1. The predicted octanol–water partition coefficient (Wildman–Crippen LogP) is 2.76. The highest BCUT2D eigenvalue weighted by Crippen LogP contribution is 2.37. The summed E-state index contributed by atoms with van der Waals surface area (Å²) in [5.41, 5.74) is -0.609. The third-order valence-corrected chi connectivity index (χ3v) is 5.75. The molecule has 2 amide bonds. The fraction of sp³-hybridized carbons (Fsp3) is 0.882. The zero-order valence-electron chi connectivity index (χ0n) is 13.2. The molecule has 4 nitrogen and oxygen atoms in total. The van der Waals surface area contributed by atoms with E-state index in [1.54, 1.807) is 0 Å². The van der Waals surface area contributed by atoms with Gasteiger partial charge in [0.2, 0.25) is 11.8 Å². The topological polar surface area (TPSA) is 49.4 Å². The Morgan fingerprint density at radius 3 is 2.38 bits per heavy atom. The van der Waals surface area contributed by atoms with Gasteiger partial charge in [-0.2, -0.15) is 0 Å². The lowest BCUT2D eigenvalue weighted by atomic mass is 9.89. The first-order valence-corrected chi connectivity index (χ1v) is 8.74. The molecule has 4 heteroatoms. The average Bonchev–Trinajstić information content (AvgIpc) is 3.09. The summed E-state index contributed by atoms with van der Waals surface area (Å²) in [5.74, 6) is 0.275. The average molecular weight is 292 g/mol. The highest BCUT2D eigenvalue weighted by Gasteiger charge is 2.50. The van der Waals surface area contributed by atoms with Crippen LogP contribution in [0.2, 0.25) is 0 Å². The van der Waals surface area contributed by atoms with Crippen molar-refractivity contribution in [3.05, 3.63) is 0 Å². The molecule has 1 N–H and O–H groups in total. The van der Waals surface area contributed by atoms with Gasteiger partial charge in [-0.25, -0.2) is 0 Å². The summed E-state index contributed by atoms with van der Waals surface area (Å²) in [4.78, 5) is 27.1. The van der Waals surface area contributed by atoms with Crippen molar-refractivity contribution in [2.75, 3.05) is 0 Å². The van der Waals surface area contributed by atoms with Crippen molar-refractivity contribution < 1.29 is 9.59 Å².